The summed E-state index contributed by atoms with van der Waals surface area (Å²) in [5.74, 6) is 1.54. The van der Waals surface area contributed by atoms with Crippen LogP contribution in [-0.4, -0.2) is 28.0 Å². The third kappa shape index (κ3) is 3.86. The third-order valence-electron chi connectivity index (χ3n) is 4.53. The lowest BCUT2D eigenvalue weighted by atomic mass is 10.1. The van der Waals surface area contributed by atoms with Gasteiger partial charge in [-0.05, 0) is 48.4 Å². The fourth-order valence-corrected chi connectivity index (χ4v) is 3.12. The Labute approximate surface area is 162 Å². The second-order valence-electron chi connectivity index (χ2n) is 6.41. The number of methoxy groups -OCH3 is 1. The van der Waals surface area contributed by atoms with Crippen molar-refractivity contribution in [3.8, 4) is 17.1 Å². The molecule has 0 spiro atoms. The Morgan fingerprint density at radius 3 is 2.75 bits per heavy atom. The van der Waals surface area contributed by atoms with Gasteiger partial charge in [0.15, 0.2) is 0 Å². The van der Waals surface area contributed by atoms with E-state index >= 15 is 0 Å². The molecule has 0 atom stereocenters. The lowest BCUT2D eigenvalue weighted by molar-refractivity contribution is -0.116. The van der Waals surface area contributed by atoms with E-state index in [-0.39, 0.29) is 5.91 Å². The molecule has 140 valence electrons. The van der Waals surface area contributed by atoms with Crippen molar-refractivity contribution in [2.45, 2.75) is 12.8 Å². The third-order valence-corrected chi connectivity index (χ3v) is 4.53. The zero-order valence-electron chi connectivity index (χ0n) is 15.5. The van der Waals surface area contributed by atoms with E-state index in [2.05, 4.69) is 20.3 Å². The number of hydrogen-bond acceptors (Lipinski definition) is 4. The number of fused-ring (bicyclic) bond motifs is 1. The topological polar surface area (TPSA) is 79.9 Å². The first-order valence-corrected chi connectivity index (χ1v) is 9.05. The second kappa shape index (κ2) is 7.92. The number of carbonyl (C=O) groups is 1. The molecule has 0 aliphatic carbocycles. The van der Waals surface area contributed by atoms with E-state index in [0.717, 1.165) is 39.4 Å². The molecular formula is C22H20N4O2. The van der Waals surface area contributed by atoms with Crippen LogP contribution in [0.4, 0.5) is 5.69 Å². The standard InChI is InChI=1S/C22H20N4O2/c1-28-20-5-3-2-4-15(20)6-9-21(27)24-17-7-8-18-19(14-17)26-22(25-18)16-10-12-23-13-11-16/h2-5,7-8,10-14H,6,9H2,1H3,(H,24,27)(H,25,26). The van der Waals surface area contributed by atoms with Crippen molar-refractivity contribution in [1.82, 2.24) is 15.0 Å². The maximum absolute atomic E-state index is 12.4. The van der Waals surface area contributed by atoms with Gasteiger partial charge in [0.05, 0.1) is 18.1 Å². The van der Waals surface area contributed by atoms with Crippen LogP contribution in [0.25, 0.3) is 22.4 Å². The molecule has 2 aromatic heterocycles. The van der Waals surface area contributed by atoms with Crippen LogP contribution in [0, 0.1) is 0 Å². The van der Waals surface area contributed by atoms with Gasteiger partial charge in [0.25, 0.3) is 0 Å². The average molecular weight is 372 g/mol. The summed E-state index contributed by atoms with van der Waals surface area (Å²) in [7, 11) is 1.64. The monoisotopic (exact) mass is 372 g/mol. The summed E-state index contributed by atoms with van der Waals surface area (Å²) in [5, 5.41) is 2.95. The van der Waals surface area contributed by atoms with Crippen molar-refractivity contribution in [2.24, 2.45) is 0 Å². The first kappa shape index (κ1) is 17.7. The van der Waals surface area contributed by atoms with E-state index in [4.69, 9.17) is 4.74 Å². The van der Waals surface area contributed by atoms with Gasteiger partial charge in [0.2, 0.25) is 5.91 Å². The molecule has 4 rings (SSSR count). The molecule has 6 heteroatoms. The number of nitrogens with zero attached hydrogens (tertiary/aromatic N) is 2. The molecule has 0 fully saturated rings. The number of anilines is 1. The number of imidazole rings is 1. The highest BCUT2D eigenvalue weighted by molar-refractivity contribution is 5.93. The Morgan fingerprint density at radius 2 is 1.93 bits per heavy atom. The fourth-order valence-electron chi connectivity index (χ4n) is 3.12. The van der Waals surface area contributed by atoms with Gasteiger partial charge in [-0.25, -0.2) is 4.98 Å². The number of hydrogen-bond donors (Lipinski definition) is 2. The van der Waals surface area contributed by atoms with Crippen molar-refractivity contribution in [3.63, 3.8) is 0 Å². The zero-order valence-corrected chi connectivity index (χ0v) is 15.5. The van der Waals surface area contributed by atoms with Crippen LogP contribution in [0.3, 0.4) is 0 Å². The molecule has 0 saturated carbocycles. The lowest BCUT2D eigenvalue weighted by Gasteiger charge is -2.08. The van der Waals surface area contributed by atoms with Crippen molar-refractivity contribution >= 4 is 22.6 Å². The Morgan fingerprint density at radius 1 is 1.11 bits per heavy atom. The minimum absolute atomic E-state index is 0.0425. The first-order chi connectivity index (χ1) is 13.7. The number of ether oxygens (including phenoxy) is 1. The molecule has 1 amide bonds. The maximum atomic E-state index is 12.4. The molecule has 0 unspecified atom stereocenters. The molecule has 0 aliphatic heterocycles. The number of pyridine rings is 1. The maximum Gasteiger partial charge on any atom is 0.224 e. The molecule has 0 bridgehead atoms. The molecule has 2 heterocycles. The lowest BCUT2D eigenvalue weighted by Crippen LogP contribution is -2.12. The average Bonchev–Trinajstić information content (AvgIpc) is 3.16. The predicted molar refractivity (Wildman–Crippen MR) is 109 cm³/mol. The minimum atomic E-state index is -0.0425. The predicted octanol–water partition coefficient (Wildman–Crippen LogP) is 4.20. The Kier molecular flexibility index (Phi) is 5.01. The highest BCUT2D eigenvalue weighted by Crippen LogP contribution is 2.23. The van der Waals surface area contributed by atoms with Crippen molar-refractivity contribution in [3.05, 3.63) is 72.6 Å². The summed E-state index contributed by atoms with van der Waals surface area (Å²) in [6.45, 7) is 0. The first-order valence-electron chi connectivity index (χ1n) is 9.05. The summed E-state index contributed by atoms with van der Waals surface area (Å²) in [6, 6.07) is 17.2. The molecule has 2 N–H and O–H groups in total. The number of aryl methyl sites for hydroxylation is 1. The summed E-state index contributed by atoms with van der Waals surface area (Å²) in [5.41, 5.74) is 4.44. The van der Waals surface area contributed by atoms with Crippen molar-refractivity contribution < 1.29 is 9.53 Å². The molecule has 0 radical (unpaired) electrons. The molecule has 0 saturated heterocycles. The van der Waals surface area contributed by atoms with E-state index in [0.29, 0.717) is 12.8 Å². The van der Waals surface area contributed by atoms with E-state index in [1.54, 1.807) is 19.5 Å². The van der Waals surface area contributed by atoms with Gasteiger partial charge in [-0.2, -0.15) is 0 Å². The van der Waals surface area contributed by atoms with E-state index in [1.165, 1.54) is 0 Å². The van der Waals surface area contributed by atoms with Crippen molar-refractivity contribution in [1.29, 1.82) is 0 Å². The Bertz CT molecular complexity index is 1110. The van der Waals surface area contributed by atoms with Crippen LogP contribution in [-0.2, 0) is 11.2 Å². The molecule has 0 aliphatic rings. The summed E-state index contributed by atoms with van der Waals surface area (Å²) >= 11 is 0. The van der Waals surface area contributed by atoms with E-state index in [1.807, 2.05) is 54.6 Å². The van der Waals surface area contributed by atoms with Crippen LogP contribution < -0.4 is 10.1 Å². The normalized spacial score (nSPS) is 10.8. The number of H-pyrrole nitrogens is 1. The molecule has 2 aromatic carbocycles. The number of aromatic amines is 1. The smallest absolute Gasteiger partial charge is 0.224 e. The van der Waals surface area contributed by atoms with Gasteiger partial charge >= 0.3 is 0 Å². The van der Waals surface area contributed by atoms with Crippen molar-refractivity contribution in [2.75, 3.05) is 12.4 Å². The number of benzene rings is 2. The highest BCUT2D eigenvalue weighted by atomic mass is 16.5. The van der Waals surface area contributed by atoms with Crippen LogP contribution in [0.5, 0.6) is 5.75 Å². The van der Waals surface area contributed by atoms with E-state index < -0.39 is 0 Å². The van der Waals surface area contributed by atoms with Crippen LogP contribution in [0.2, 0.25) is 0 Å². The summed E-state index contributed by atoms with van der Waals surface area (Å²) < 4.78 is 5.34. The minimum Gasteiger partial charge on any atom is -0.496 e. The quantitative estimate of drug-likeness (QED) is 0.531. The largest absolute Gasteiger partial charge is 0.496 e. The Hall–Kier alpha value is -3.67. The molecule has 6 nitrogen and oxygen atoms in total. The van der Waals surface area contributed by atoms with Crippen LogP contribution >= 0.6 is 0 Å². The molecule has 4 aromatic rings. The SMILES string of the molecule is COc1ccccc1CCC(=O)Nc1ccc2nc(-c3ccncc3)[nH]c2c1. The van der Waals surface area contributed by atoms with Gasteiger partial charge in [-0.15, -0.1) is 0 Å². The molecule has 28 heavy (non-hydrogen) atoms. The summed E-state index contributed by atoms with van der Waals surface area (Å²) in [4.78, 5) is 24.3. The van der Waals surface area contributed by atoms with E-state index in [9.17, 15) is 4.79 Å². The number of nitrogens with one attached hydrogen (secondary N) is 2. The van der Waals surface area contributed by atoms with Gasteiger partial charge in [-0.1, -0.05) is 18.2 Å². The molecular weight excluding hydrogens is 352 g/mol. The van der Waals surface area contributed by atoms with Crippen LogP contribution in [0.1, 0.15) is 12.0 Å². The van der Waals surface area contributed by atoms with Gasteiger partial charge in [0.1, 0.15) is 11.6 Å². The Balaban J connectivity index is 1.45. The van der Waals surface area contributed by atoms with Gasteiger partial charge in [-0.3, -0.25) is 9.78 Å². The second-order valence-corrected chi connectivity index (χ2v) is 6.41. The number of rotatable bonds is 6. The zero-order chi connectivity index (χ0) is 19.3. The van der Waals surface area contributed by atoms with Gasteiger partial charge < -0.3 is 15.0 Å². The van der Waals surface area contributed by atoms with Gasteiger partial charge in [0, 0.05) is 30.1 Å². The number of amides is 1. The number of carbonyl (C=O) groups excluding carboxylic acids is 1. The highest BCUT2D eigenvalue weighted by Gasteiger charge is 2.09. The van der Waals surface area contributed by atoms with Crippen LogP contribution in [0.15, 0.2) is 67.0 Å². The fraction of sp³-hybridized carbons (Fsp3) is 0.136. The number of aromatic nitrogens is 3. The number of para-hydroxylation sites is 1. The summed E-state index contributed by atoms with van der Waals surface area (Å²) in [6.07, 6.45) is 4.46.